The standard InChI is InChI=1S/C26H23N2O5S/c1-2-32-26(29)22(25(34)27-18-13-7-4-8-14-18)21-19-15-9-10-16-20(19)33-24(23(21)28(30)31)17-11-5-3-6-12-17/h3-16,21-22,24H,2H2,1H3,(H-,27,30,31,34)/q-1. The molecule has 0 saturated heterocycles. The summed E-state index contributed by atoms with van der Waals surface area (Å²) in [5.74, 6) is -2.30. The van der Waals surface area contributed by atoms with Crippen molar-refractivity contribution >= 4 is 34.6 Å². The van der Waals surface area contributed by atoms with E-state index in [4.69, 9.17) is 21.7 Å². The second kappa shape index (κ2) is 10.4. The number of esters is 1. The number of benzene rings is 3. The summed E-state index contributed by atoms with van der Waals surface area (Å²) in [6.07, 6.45) is -0.993. The number of hydrogen-bond donors (Lipinski definition) is 1. The third-order valence-electron chi connectivity index (χ3n) is 5.60. The minimum absolute atomic E-state index is 0.115. The maximum absolute atomic E-state index is 13.3. The maximum Gasteiger partial charge on any atom is 0.317 e. The van der Waals surface area contributed by atoms with E-state index in [0.717, 1.165) is 0 Å². The van der Waals surface area contributed by atoms with E-state index in [0.29, 0.717) is 22.6 Å². The predicted molar refractivity (Wildman–Crippen MR) is 134 cm³/mol. The van der Waals surface area contributed by atoms with Gasteiger partial charge in [-0.2, -0.15) is 4.90 Å². The van der Waals surface area contributed by atoms with Crippen LogP contribution in [-0.4, -0.2) is 28.2 Å². The molecule has 8 heteroatoms. The number of ether oxygens (including phenoxy) is 2. The smallest absolute Gasteiger partial charge is 0.317 e. The normalized spacial score (nSPS) is 17.6. The number of nitrogens with zero attached hydrogens (tertiary/aromatic N) is 1. The van der Waals surface area contributed by atoms with Crippen LogP contribution in [0, 0.1) is 16.3 Å². The van der Waals surface area contributed by atoms with E-state index in [-0.39, 0.29) is 17.3 Å². The fraction of sp³-hybridized carbons (Fsp3) is 0.192. The van der Waals surface area contributed by atoms with Crippen LogP contribution in [0.2, 0.25) is 0 Å². The molecule has 34 heavy (non-hydrogen) atoms. The monoisotopic (exact) mass is 475 g/mol. The van der Waals surface area contributed by atoms with Crippen LogP contribution in [0.25, 0.3) is 0 Å². The summed E-state index contributed by atoms with van der Waals surface area (Å²) < 4.78 is 11.5. The van der Waals surface area contributed by atoms with E-state index in [1.165, 1.54) is 0 Å². The van der Waals surface area contributed by atoms with Crippen LogP contribution in [-0.2, 0) is 9.53 Å². The molecule has 3 aromatic carbocycles. The van der Waals surface area contributed by atoms with Gasteiger partial charge in [0.2, 0.25) is 11.8 Å². The van der Waals surface area contributed by atoms with Crippen LogP contribution in [0.15, 0.2) is 84.9 Å². The van der Waals surface area contributed by atoms with Crippen LogP contribution in [0.4, 0.5) is 5.69 Å². The Hall–Kier alpha value is -3.91. The van der Waals surface area contributed by atoms with Crippen molar-refractivity contribution in [2.75, 3.05) is 11.9 Å². The molecule has 0 saturated carbocycles. The molecule has 1 N–H and O–H groups in total. The average Bonchev–Trinajstić information content (AvgIpc) is 2.85. The lowest BCUT2D eigenvalue weighted by Gasteiger charge is -2.36. The lowest BCUT2D eigenvalue weighted by Crippen LogP contribution is -2.44. The Morgan fingerprint density at radius 3 is 2.29 bits per heavy atom. The van der Waals surface area contributed by atoms with Gasteiger partial charge in [-0.1, -0.05) is 78.9 Å². The summed E-state index contributed by atoms with van der Waals surface area (Å²) in [5, 5.41) is 28.1. The summed E-state index contributed by atoms with van der Waals surface area (Å²) in [4.78, 5) is 12.9. The number of anilines is 1. The zero-order valence-corrected chi connectivity index (χ0v) is 19.2. The molecule has 7 nitrogen and oxygen atoms in total. The molecule has 0 radical (unpaired) electrons. The van der Waals surface area contributed by atoms with E-state index in [2.05, 4.69) is 5.32 Å². The minimum atomic E-state index is -1.13. The van der Waals surface area contributed by atoms with E-state index >= 15 is 0 Å². The first-order chi connectivity index (χ1) is 16.5. The van der Waals surface area contributed by atoms with Gasteiger partial charge >= 0.3 is 5.97 Å². The largest absolute Gasteiger partial charge is 0.612 e. The van der Waals surface area contributed by atoms with Gasteiger partial charge in [-0.05, 0) is 25.1 Å². The topological polar surface area (TPSA) is 96.7 Å². The van der Waals surface area contributed by atoms with Gasteiger partial charge in [-0.25, -0.2) is 0 Å². The first kappa shape index (κ1) is 23.3. The number of hydrogen-bond acceptors (Lipinski definition) is 6. The zero-order valence-electron chi connectivity index (χ0n) is 18.4. The molecule has 174 valence electrons. The Kier molecular flexibility index (Phi) is 7.08. The van der Waals surface area contributed by atoms with Crippen molar-refractivity contribution in [1.29, 1.82) is 0 Å². The van der Waals surface area contributed by atoms with Crippen molar-refractivity contribution < 1.29 is 19.2 Å². The minimum Gasteiger partial charge on any atom is -0.612 e. The molecule has 1 aliphatic rings. The summed E-state index contributed by atoms with van der Waals surface area (Å²) in [6.45, 7) is 1.80. The molecular formula is C26H23N2O5S-. The molecule has 3 atom stereocenters. The molecule has 4 rings (SSSR count). The van der Waals surface area contributed by atoms with Gasteiger partial charge in [0.25, 0.3) is 0 Å². The van der Waals surface area contributed by atoms with Crippen LogP contribution in [0.3, 0.4) is 0 Å². The van der Waals surface area contributed by atoms with Gasteiger partial charge in [-0.15, -0.1) is 0 Å². The van der Waals surface area contributed by atoms with E-state index in [1.54, 1.807) is 67.6 Å². The van der Waals surface area contributed by atoms with Gasteiger partial charge in [0.05, 0.1) is 17.5 Å². The Bertz CT molecular complexity index is 1200. The number of thiocarbonyl (C=S) groups is 1. The van der Waals surface area contributed by atoms with Gasteiger partial charge in [0.15, 0.2) is 0 Å². The molecule has 1 heterocycles. The number of para-hydroxylation sites is 2. The van der Waals surface area contributed by atoms with Crippen molar-refractivity contribution in [3.05, 3.63) is 106 Å². The zero-order chi connectivity index (χ0) is 24.1. The van der Waals surface area contributed by atoms with Crippen LogP contribution < -0.4 is 10.1 Å². The first-order valence-electron chi connectivity index (χ1n) is 10.9. The highest BCUT2D eigenvalue weighted by molar-refractivity contribution is 7.80. The lowest BCUT2D eigenvalue weighted by atomic mass is 9.77. The Balaban J connectivity index is 1.87. The van der Waals surface area contributed by atoms with Crippen molar-refractivity contribution in [1.82, 2.24) is 0 Å². The fourth-order valence-corrected chi connectivity index (χ4v) is 4.50. The van der Waals surface area contributed by atoms with E-state index in [9.17, 15) is 15.2 Å². The van der Waals surface area contributed by atoms with Crippen LogP contribution >= 0.6 is 12.2 Å². The highest BCUT2D eigenvalue weighted by Crippen LogP contribution is 2.44. The molecule has 0 amide bonds. The van der Waals surface area contributed by atoms with Crippen molar-refractivity contribution in [2.24, 2.45) is 5.92 Å². The number of rotatable bonds is 6. The van der Waals surface area contributed by atoms with Gasteiger partial charge in [-0.3, -0.25) is 4.79 Å². The number of carbonyl (C=O) groups excluding carboxylic acids is 1. The third kappa shape index (κ3) is 4.72. The third-order valence-corrected chi connectivity index (χ3v) is 5.95. The summed E-state index contributed by atoms with van der Waals surface area (Å²) in [5.41, 5.74) is 1.62. The Labute approximate surface area is 202 Å². The molecule has 0 spiro atoms. The average molecular weight is 476 g/mol. The van der Waals surface area contributed by atoms with E-state index in [1.807, 2.05) is 24.3 Å². The van der Waals surface area contributed by atoms with Gasteiger partial charge in [0, 0.05) is 16.8 Å². The van der Waals surface area contributed by atoms with Crippen LogP contribution in [0.1, 0.15) is 30.1 Å². The fourth-order valence-electron chi connectivity index (χ4n) is 4.15. The molecule has 3 unspecified atom stereocenters. The molecule has 0 fully saturated rings. The lowest BCUT2D eigenvalue weighted by molar-refractivity contribution is -0.386. The SMILES string of the molecule is CCOC(=O)C(C(=S)Nc1ccccc1)C1C(=[N+]([O-])[O-])C(c2ccccc2)Oc2ccccc21. The van der Waals surface area contributed by atoms with Crippen molar-refractivity contribution in [3.8, 4) is 5.75 Å². The molecule has 0 aliphatic carbocycles. The number of carbonyl (C=O) groups is 1. The second-order valence-corrected chi connectivity index (χ2v) is 8.13. The summed E-state index contributed by atoms with van der Waals surface area (Å²) in [7, 11) is 0. The maximum atomic E-state index is 13.3. The first-order valence-corrected chi connectivity index (χ1v) is 11.3. The molecule has 3 aromatic rings. The van der Waals surface area contributed by atoms with Crippen molar-refractivity contribution in [2.45, 2.75) is 18.9 Å². The van der Waals surface area contributed by atoms with Crippen molar-refractivity contribution in [3.63, 3.8) is 0 Å². The van der Waals surface area contributed by atoms with E-state index < -0.39 is 28.8 Å². The second-order valence-electron chi connectivity index (χ2n) is 7.69. The molecule has 0 bridgehead atoms. The van der Waals surface area contributed by atoms with Crippen LogP contribution in [0.5, 0.6) is 5.75 Å². The highest BCUT2D eigenvalue weighted by Gasteiger charge is 2.49. The molecule has 0 aromatic heterocycles. The molecular weight excluding hydrogens is 452 g/mol. The predicted octanol–water partition coefficient (Wildman–Crippen LogP) is 4.97. The Morgan fingerprint density at radius 1 is 1.03 bits per heavy atom. The molecule has 1 aliphatic heterocycles. The quantitative estimate of drug-likeness (QED) is 0.233. The number of nitrogens with one attached hydrogen (secondary N) is 1. The van der Waals surface area contributed by atoms with Gasteiger partial charge in [0.1, 0.15) is 11.7 Å². The van der Waals surface area contributed by atoms with Gasteiger partial charge < -0.3 is 25.2 Å². The highest BCUT2D eigenvalue weighted by atomic mass is 32.1. The Morgan fingerprint density at radius 2 is 1.65 bits per heavy atom. The number of fused-ring (bicyclic) bond motifs is 1. The summed E-state index contributed by atoms with van der Waals surface area (Å²) in [6, 6.07) is 25.0. The summed E-state index contributed by atoms with van der Waals surface area (Å²) >= 11 is 5.66.